The van der Waals surface area contributed by atoms with Gasteiger partial charge in [-0.2, -0.15) is 0 Å². The molecular formula is C20H22N2O3. The standard InChI is InChI=1S/C20H22N2O3/c1-15-14-25-11-10-22(15)20(24)17-8-5-9-18(13-17)21-19(23)12-16-6-3-2-4-7-16/h2-9,13,15H,10-12,14H2,1H3,(H,21,23). The minimum atomic E-state index is -0.101. The third-order valence-corrected chi connectivity index (χ3v) is 4.23. The van der Waals surface area contributed by atoms with E-state index in [9.17, 15) is 9.59 Å². The number of anilines is 1. The molecule has 2 aromatic rings. The molecule has 1 aliphatic rings. The van der Waals surface area contributed by atoms with Gasteiger partial charge in [-0.1, -0.05) is 36.4 Å². The second kappa shape index (κ2) is 7.94. The van der Waals surface area contributed by atoms with Gasteiger partial charge < -0.3 is 15.0 Å². The van der Waals surface area contributed by atoms with E-state index in [0.29, 0.717) is 37.4 Å². The number of benzene rings is 2. The molecule has 25 heavy (non-hydrogen) atoms. The molecule has 0 bridgehead atoms. The summed E-state index contributed by atoms with van der Waals surface area (Å²) in [5.41, 5.74) is 2.16. The number of carbonyl (C=O) groups is 2. The number of morpholine rings is 1. The van der Waals surface area contributed by atoms with Crippen LogP contribution in [0.5, 0.6) is 0 Å². The minimum Gasteiger partial charge on any atom is -0.377 e. The first kappa shape index (κ1) is 17.2. The molecule has 0 saturated carbocycles. The molecule has 5 nitrogen and oxygen atoms in total. The van der Waals surface area contributed by atoms with Crippen LogP contribution in [-0.2, 0) is 16.0 Å². The van der Waals surface area contributed by atoms with Gasteiger partial charge in [-0.15, -0.1) is 0 Å². The van der Waals surface area contributed by atoms with Gasteiger partial charge in [0.1, 0.15) is 0 Å². The number of hydrogen-bond acceptors (Lipinski definition) is 3. The highest BCUT2D eigenvalue weighted by Gasteiger charge is 2.24. The van der Waals surface area contributed by atoms with E-state index in [4.69, 9.17) is 4.74 Å². The normalized spacial score (nSPS) is 17.2. The van der Waals surface area contributed by atoms with Crippen molar-refractivity contribution in [1.29, 1.82) is 0 Å². The average molecular weight is 338 g/mol. The first-order valence-corrected chi connectivity index (χ1v) is 8.46. The van der Waals surface area contributed by atoms with Crippen molar-refractivity contribution in [2.24, 2.45) is 0 Å². The van der Waals surface area contributed by atoms with Crippen LogP contribution in [0.4, 0.5) is 5.69 Å². The van der Waals surface area contributed by atoms with Crippen LogP contribution in [0.2, 0.25) is 0 Å². The molecule has 1 atom stereocenters. The van der Waals surface area contributed by atoms with Crippen LogP contribution in [0.3, 0.4) is 0 Å². The van der Waals surface area contributed by atoms with Gasteiger partial charge >= 0.3 is 0 Å². The highest BCUT2D eigenvalue weighted by atomic mass is 16.5. The van der Waals surface area contributed by atoms with E-state index in [0.717, 1.165) is 5.56 Å². The summed E-state index contributed by atoms with van der Waals surface area (Å²) < 4.78 is 5.38. The van der Waals surface area contributed by atoms with Crippen LogP contribution in [0.1, 0.15) is 22.8 Å². The number of rotatable bonds is 4. The van der Waals surface area contributed by atoms with Crippen molar-refractivity contribution in [3.8, 4) is 0 Å². The minimum absolute atomic E-state index is 0.0324. The van der Waals surface area contributed by atoms with E-state index < -0.39 is 0 Å². The molecule has 0 aliphatic carbocycles. The largest absolute Gasteiger partial charge is 0.377 e. The molecule has 1 saturated heterocycles. The summed E-state index contributed by atoms with van der Waals surface area (Å²) in [5.74, 6) is -0.134. The van der Waals surface area contributed by atoms with Gasteiger partial charge in [0.15, 0.2) is 0 Å². The lowest BCUT2D eigenvalue weighted by Crippen LogP contribution is -2.47. The van der Waals surface area contributed by atoms with Gasteiger partial charge in [0.05, 0.1) is 25.7 Å². The van der Waals surface area contributed by atoms with Crippen molar-refractivity contribution in [2.45, 2.75) is 19.4 Å². The predicted molar refractivity (Wildman–Crippen MR) is 96.5 cm³/mol. The Labute approximate surface area is 147 Å². The van der Waals surface area contributed by atoms with Gasteiger partial charge in [-0.25, -0.2) is 0 Å². The summed E-state index contributed by atoms with van der Waals surface area (Å²) in [6.07, 6.45) is 0.305. The molecule has 1 unspecified atom stereocenters. The van der Waals surface area contributed by atoms with Crippen molar-refractivity contribution in [2.75, 3.05) is 25.1 Å². The lowest BCUT2D eigenvalue weighted by molar-refractivity contribution is -0.115. The summed E-state index contributed by atoms with van der Waals surface area (Å²) in [4.78, 5) is 26.7. The van der Waals surface area contributed by atoms with Crippen molar-refractivity contribution in [3.63, 3.8) is 0 Å². The highest BCUT2D eigenvalue weighted by Crippen LogP contribution is 2.16. The fraction of sp³-hybridized carbons (Fsp3) is 0.300. The number of nitrogens with one attached hydrogen (secondary N) is 1. The monoisotopic (exact) mass is 338 g/mol. The number of carbonyl (C=O) groups excluding carboxylic acids is 2. The molecule has 5 heteroatoms. The van der Waals surface area contributed by atoms with Crippen molar-refractivity contribution in [3.05, 3.63) is 65.7 Å². The van der Waals surface area contributed by atoms with Crippen LogP contribution in [0.25, 0.3) is 0 Å². The molecule has 0 aromatic heterocycles. The Bertz CT molecular complexity index is 746. The lowest BCUT2D eigenvalue weighted by atomic mass is 10.1. The maximum Gasteiger partial charge on any atom is 0.254 e. The van der Waals surface area contributed by atoms with E-state index in [1.807, 2.05) is 42.2 Å². The Balaban J connectivity index is 1.66. The molecule has 3 rings (SSSR count). The maximum atomic E-state index is 12.7. The topological polar surface area (TPSA) is 58.6 Å². The number of nitrogens with zero attached hydrogens (tertiary/aromatic N) is 1. The van der Waals surface area contributed by atoms with E-state index in [-0.39, 0.29) is 17.9 Å². The van der Waals surface area contributed by atoms with Gasteiger partial charge in [-0.05, 0) is 30.7 Å². The van der Waals surface area contributed by atoms with E-state index in [2.05, 4.69) is 5.32 Å². The molecule has 0 radical (unpaired) electrons. The third kappa shape index (κ3) is 4.45. The summed E-state index contributed by atoms with van der Waals surface area (Å²) in [5, 5.41) is 2.87. The second-order valence-electron chi connectivity index (χ2n) is 6.21. The van der Waals surface area contributed by atoms with Gasteiger partial charge in [0.2, 0.25) is 5.91 Å². The quantitative estimate of drug-likeness (QED) is 0.932. The van der Waals surface area contributed by atoms with Gasteiger partial charge in [0, 0.05) is 17.8 Å². The number of hydrogen-bond donors (Lipinski definition) is 1. The summed E-state index contributed by atoms with van der Waals surface area (Å²) in [6.45, 7) is 3.68. The molecule has 1 aliphatic heterocycles. The van der Waals surface area contributed by atoms with E-state index >= 15 is 0 Å². The fourth-order valence-corrected chi connectivity index (χ4v) is 2.91. The van der Waals surface area contributed by atoms with Crippen LogP contribution < -0.4 is 5.32 Å². The Morgan fingerprint density at radius 3 is 2.72 bits per heavy atom. The van der Waals surface area contributed by atoms with Crippen LogP contribution in [0.15, 0.2) is 54.6 Å². The van der Waals surface area contributed by atoms with E-state index in [1.54, 1.807) is 24.3 Å². The second-order valence-corrected chi connectivity index (χ2v) is 6.21. The molecule has 0 spiro atoms. The maximum absolute atomic E-state index is 12.7. The molecule has 2 amide bonds. The molecule has 1 fully saturated rings. The Hall–Kier alpha value is -2.66. The average Bonchev–Trinajstić information content (AvgIpc) is 2.62. The molecule has 1 N–H and O–H groups in total. The Morgan fingerprint density at radius 1 is 1.16 bits per heavy atom. The SMILES string of the molecule is CC1COCCN1C(=O)c1cccc(NC(=O)Cc2ccccc2)c1. The van der Waals surface area contributed by atoms with Gasteiger partial charge in [-0.3, -0.25) is 9.59 Å². The van der Waals surface area contributed by atoms with Gasteiger partial charge in [0.25, 0.3) is 5.91 Å². The first-order valence-electron chi connectivity index (χ1n) is 8.46. The number of amides is 2. The van der Waals surface area contributed by atoms with Crippen LogP contribution >= 0.6 is 0 Å². The number of ether oxygens (including phenoxy) is 1. The highest BCUT2D eigenvalue weighted by molar-refractivity contribution is 5.97. The van der Waals surface area contributed by atoms with E-state index in [1.165, 1.54) is 0 Å². The fourth-order valence-electron chi connectivity index (χ4n) is 2.91. The molecule has 1 heterocycles. The Morgan fingerprint density at radius 2 is 1.96 bits per heavy atom. The third-order valence-electron chi connectivity index (χ3n) is 4.23. The Kier molecular flexibility index (Phi) is 5.46. The summed E-state index contributed by atoms with van der Waals surface area (Å²) >= 11 is 0. The van der Waals surface area contributed by atoms with Crippen molar-refractivity contribution >= 4 is 17.5 Å². The zero-order valence-electron chi connectivity index (χ0n) is 14.3. The smallest absolute Gasteiger partial charge is 0.254 e. The van der Waals surface area contributed by atoms with Crippen molar-refractivity contribution in [1.82, 2.24) is 4.90 Å². The summed E-state index contributed by atoms with van der Waals surface area (Å²) in [7, 11) is 0. The summed E-state index contributed by atoms with van der Waals surface area (Å²) in [6, 6.07) is 16.7. The van der Waals surface area contributed by atoms with Crippen molar-refractivity contribution < 1.29 is 14.3 Å². The lowest BCUT2D eigenvalue weighted by Gasteiger charge is -2.33. The van der Waals surface area contributed by atoms with Crippen LogP contribution in [-0.4, -0.2) is 42.5 Å². The predicted octanol–water partition coefficient (Wildman–Crippen LogP) is 2.73. The molecule has 130 valence electrons. The zero-order valence-corrected chi connectivity index (χ0v) is 14.3. The molecular weight excluding hydrogens is 316 g/mol. The van der Waals surface area contributed by atoms with Crippen LogP contribution in [0, 0.1) is 0 Å². The first-order chi connectivity index (χ1) is 12.1. The zero-order chi connectivity index (χ0) is 17.6. The molecule has 2 aromatic carbocycles.